The van der Waals surface area contributed by atoms with E-state index < -0.39 is 11.7 Å². The minimum atomic E-state index is -0.492. The minimum Gasteiger partial charge on any atom is -0.303 e. The topological polar surface area (TPSA) is 72.7 Å². The van der Waals surface area contributed by atoms with Crippen LogP contribution in [0, 0.1) is 5.82 Å². The molecule has 0 radical (unpaired) electrons. The van der Waals surface area contributed by atoms with Crippen LogP contribution in [0.3, 0.4) is 0 Å². The number of carbonyl (C=O) groups excluding carboxylic acids is 1. The summed E-state index contributed by atoms with van der Waals surface area (Å²) in [6.07, 6.45) is 3.01. The van der Waals surface area contributed by atoms with Crippen LogP contribution < -0.4 is 5.32 Å². The Balaban J connectivity index is 2.05. The number of aromatic nitrogens is 4. The molecule has 0 saturated heterocycles. The lowest BCUT2D eigenvalue weighted by molar-refractivity contribution is 0.102. The Hall–Kier alpha value is -2.83. The van der Waals surface area contributed by atoms with Gasteiger partial charge in [-0.05, 0) is 18.2 Å². The van der Waals surface area contributed by atoms with Crippen molar-refractivity contribution in [3.63, 3.8) is 0 Å². The Labute approximate surface area is 113 Å². The molecule has 2 aromatic heterocycles. The molecule has 7 heteroatoms. The number of benzene rings is 1. The maximum Gasteiger partial charge on any atom is 0.260 e. The van der Waals surface area contributed by atoms with E-state index >= 15 is 0 Å². The molecular weight excluding hydrogens is 261 g/mol. The number of rotatable bonds is 2. The highest BCUT2D eigenvalue weighted by Crippen LogP contribution is 2.19. The predicted octanol–water partition coefficient (Wildman–Crippen LogP) is 1.75. The van der Waals surface area contributed by atoms with Crippen LogP contribution >= 0.6 is 0 Å². The number of carbonyl (C=O) groups is 1. The van der Waals surface area contributed by atoms with E-state index in [1.165, 1.54) is 12.4 Å². The van der Waals surface area contributed by atoms with Crippen LogP contribution in [0.2, 0.25) is 0 Å². The third kappa shape index (κ3) is 2.09. The number of hydrogen-bond donors (Lipinski definition) is 1. The van der Waals surface area contributed by atoms with Gasteiger partial charge in [-0.2, -0.15) is 0 Å². The fourth-order valence-electron chi connectivity index (χ4n) is 1.89. The zero-order chi connectivity index (χ0) is 14.1. The molecular formula is C13H10FN5O. The summed E-state index contributed by atoms with van der Waals surface area (Å²) in [5.41, 5.74) is 0.595. The van der Waals surface area contributed by atoms with Gasteiger partial charge in [-0.25, -0.2) is 4.39 Å². The number of nitrogens with one attached hydrogen (secondary N) is 1. The van der Waals surface area contributed by atoms with Crippen LogP contribution in [0.1, 0.15) is 10.4 Å². The summed E-state index contributed by atoms with van der Waals surface area (Å²) in [5.74, 6) is -0.693. The second-order valence-electron chi connectivity index (χ2n) is 4.25. The van der Waals surface area contributed by atoms with Gasteiger partial charge in [0.15, 0.2) is 0 Å². The lowest BCUT2D eigenvalue weighted by atomic mass is 10.1. The highest BCUT2D eigenvalue weighted by molar-refractivity contribution is 6.11. The van der Waals surface area contributed by atoms with E-state index in [0.717, 1.165) is 6.07 Å². The second-order valence-corrected chi connectivity index (χ2v) is 4.25. The smallest absolute Gasteiger partial charge is 0.260 e. The van der Waals surface area contributed by atoms with Crippen molar-refractivity contribution < 1.29 is 9.18 Å². The van der Waals surface area contributed by atoms with Crippen LogP contribution in [0.5, 0.6) is 0 Å². The van der Waals surface area contributed by atoms with Crippen molar-refractivity contribution in [1.29, 1.82) is 0 Å². The average Bonchev–Trinajstić information content (AvgIpc) is 2.83. The second kappa shape index (κ2) is 4.69. The summed E-state index contributed by atoms with van der Waals surface area (Å²) in [7, 11) is 1.69. The average molecular weight is 271 g/mol. The van der Waals surface area contributed by atoms with Crippen molar-refractivity contribution in [1.82, 2.24) is 19.7 Å². The summed E-state index contributed by atoms with van der Waals surface area (Å²) in [5, 5.41) is 10.5. The van der Waals surface area contributed by atoms with E-state index in [9.17, 15) is 9.18 Å². The highest BCUT2D eigenvalue weighted by atomic mass is 19.1. The number of aryl methyl sites for hydroxylation is 1. The molecule has 3 rings (SSSR count). The van der Waals surface area contributed by atoms with Crippen LogP contribution in [-0.4, -0.2) is 25.7 Å². The van der Waals surface area contributed by atoms with Crippen LogP contribution in [0.25, 0.3) is 10.9 Å². The van der Waals surface area contributed by atoms with Crippen molar-refractivity contribution in [3.8, 4) is 0 Å². The maximum atomic E-state index is 13.6. The van der Waals surface area contributed by atoms with Crippen LogP contribution in [-0.2, 0) is 7.05 Å². The summed E-state index contributed by atoms with van der Waals surface area (Å²) in [6, 6.07) is 5.87. The van der Waals surface area contributed by atoms with Gasteiger partial charge in [-0.15, -0.1) is 10.2 Å². The van der Waals surface area contributed by atoms with Crippen molar-refractivity contribution in [2.24, 2.45) is 7.05 Å². The van der Waals surface area contributed by atoms with E-state index in [-0.39, 0.29) is 11.5 Å². The summed E-state index contributed by atoms with van der Waals surface area (Å²) < 4.78 is 15.1. The first-order valence-corrected chi connectivity index (χ1v) is 5.85. The molecule has 0 spiro atoms. The van der Waals surface area contributed by atoms with Gasteiger partial charge >= 0.3 is 0 Å². The number of hydrogen-bond acceptors (Lipinski definition) is 4. The van der Waals surface area contributed by atoms with Crippen LogP contribution in [0.15, 0.2) is 36.8 Å². The lowest BCUT2D eigenvalue weighted by Gasteiger charge is -2.07. The van der Waals surface area contributed by atoms with Gasteiger partial charge in [0.2, 0.25) is 5.95 Å². The van der Waals surface area contributed by atoms with Crippen molar-refractivity contribution in [2.45, 2.75) is 0 Å². The Morgan fingerprint density at radius 2 is 2.25 bits per heavy atom. The number of pyridine rings is 1. The third-order valence-electron chi connectivity index (χ3n) is 2.85. The zero-order valence-electron chi connectivity index (χ0n) is 10.5. The molecule has 20 heavy (non-hydrogen) atoms. The fraction of sp³-hybridized carbons (Fsp3) is 0.0769. The highest BCUT2D eigenvalue weighted by Gasteiger charge is 2.15. The molecule has 1 amide bonds. The molecule has 0 atom stereocenters. The van der Waals surface area contributed by atoms with E-state index in [1.54, 1.807) is 29.9 Å². The van der Waals surface area contributed by atoms with Gasteiger partial charge in [0.05, 0.1) is 11.1 Å². The monoisotopic (exact) mass is 271 g/mol. The Morgan fingerprint density at radius 3 is 3.00 bits per heavy atom. The molecule has 0 bridgehead atoms. The molecule has 3 aromatic rings. The van der Waals surface area contributed by atoms with Crippen molar-refractivity contribution >= 4 is 22.8 Å². The summed E-state index contributed by atoms with van der Waals surface area (Å²) in [4.78, 5) is 16.4. The number of fused-ring (bicyclic) bond motifs is 1. The van der Waals surface area contributed by atoms with Gasteiger partial charge in [0, 0.05) is 18.6 Å². The largest absolute Gasteiger partial charge is 0.303 e. The number of anilines is 1. The standard InChI is InChI=1S/C13H10FN5O/c1-19-7-16-18-13(19)17-12(20)10-6-9(14)5-8-3-2-4-15-11(8)10/h2-7H,1H3,(H,17,18,20). The first-order valence-electron chi connectivity index (χ1n) is 5.85. The van der Waals surface area contributed by atoms with E-state index in [1.807, 2.05) is 0 Å². The third-order valence-corrected chi connectivity index (χ3v) is 2.85. The first kappa shape index (κ1) is 12.2. The maximum absolute atomic E-state index is 13.6. The number of amides is 1. The Morgan fingerprint density at radius 1 is 1.40 bits per heavy atom. The molecule has 6 nitrogen and oxygen atoms in total. The molecule has 0 aliphatic rings. The number of nitrogens with zero attached hydrogens (tertiary/aromatic N) is 4. The molecule has 0 aliphatic carbocycles. The van der Waals surface area contributed by atoms with E-state index in [4.69, 9.17) is 0 Å². The Kier molecular flexibility index (Phi) is 2.86. The Bertz CT molecular complexity index is 798. The predicted molar refractivity (Wildman–Crippen MR) is 70.7 cm³/mol. The molecule has 0 aliphatic heterocycles. The molecule has 0 saturated carbocycles. The van der Waals surface area contributed by atoms with Gasteiger partial charge in [0.25, 0.3) is 5.91 Å². The SMILES string of the molecule is Cn1cnnc1NC(=O)c1cc(F)cc2cccnc12. The van der Waals surface area contributed by atoms with Gasteiger partial charge in [0.1, 0.15) is 12.1 Å². The molecule has 1 aromatic carbocycles. The summed E-state index contributed by atoms with van der Waals surface area (Å²) >= 11 is 0. The van der Waals surface area contributed by atoms with Gasteiger partial charge < -0.3 is 4.57 Å². The van der Waals surface area contributed by atoms with Crippen molar-refractivity contribution in [3.05, 3.63) is 48.2 Å². The van der Waals surface area contributed by atoms with E-state index in [0.29, 0.717) is 10.9 Å². The molecule has 100 valence electrons. The molecule has 0 unspecified atom stereocenters. The minimum absolute atomic E-state index is 0.156. The van der Waals surface area contributed by atoms with E-state index in [2.05, 4.69) is 20.5 Å². The number of halogens is 1. The summed E-state index contributed by atoms with van der Waals surface area (Å²) in [6.45, 7) is 0. The van der Waals surface area contributed by atoms with Gasteiger partial charge in [-0.3, -0.25) is 15.1 Å². The zero-order valence-corrected chi connectivity index (χ0v) is 10.5. The lowest BCUT2D eigenvalue weighted by Crippen LogP contribution is -2.16. The molecule has 1 N–H and O–H groups in total. The molecule has 0 fully saturated rings. The van der Waals surface area contributed by atoms with Crippen LogP contribution in [0.4, 0.5) is 10.3 Å². The first-order chi connectivity index (χ1) is 9.65. The quantitative estimate of drug-likeness (QED) is 0.770. The fourth-order valence-corrected chi connectivity index (χ4v) is 1.89. The van der Waals surface area contributed by atoms with Crippen molar-refractivity contribution in [2.75, 3.05) is 5.32 Å². The van der Waals surface area contributed by atoms with Gasteiger partial charge in [-0.1, -0.05) is 6.07 Å². The molecule has 2 heterocycles. The normalized spacial score (nSPS) is 10.7.